The van der Waals surface area contributed by atoms with Crippen molar-refractivity contribution in [1.29, 1.82) is 0 Å². The molecule has 2 aromatic rings. The predicted molar refractivity (Wildman–Crippen MR) is 111 cm³/mol. The van der Waals surface area contributed by atoms with Gasteiger partial charge in [-0.1, -0.05) is 37.3 Å². The van der Waals surface area contributed by atoms with Crippen LogP contribution in [-0.2, 0) is 14.3 Å². The van der Waals surface area contributed by atoms with E-state index in [4.69, 9.17) is 9.47 Å². The topological polar surface area (TPSA) is 116 Å². The summed E-state index contributed by atoms with van der Waals surface area (Å²) in [7, 11) is 1.34. The second-order valence-electron chi connectivity index (χ2n) is 7.08. The molecule has 3 rings (SSSR count). The molecular weight excluding hydrogens is 404 g/mol. The summed E-state index contributed by atoms with van der Waals surface area (Å²) < 4.78 is 10.6. The normalized spacial score (nSPS) is 16.6. The van der Waals surface area contributed by atoms with Gasteiger partial charge in [0.2, 0.25) is 11.7 Å². The zero-order valence-electron chi connectivity index (χ0n) is 17.1. The molecule has 9 heteroatoms. The molecule has 9 nitrogen and oxygen atoms in total. The number of ether oxygens (including phenoxy) is 2. The van der Waals surface area contributed by atoms with Gasteiger partial charge < -0.3 is 14.4 Å². The van der Waals surface area contributed by atoms with E-state index in [9.17, 15) is 24.5 Å². The van der Waals surface area contributed by atoms with Crippen molar-refractivity contribution in [2.45, 2.75) is 25.9 Å². The summed E-state index contributed by atoms with van der Waals surface area (Å²) in [5.41, 5.74) is 0.608. The zero-order valence-corrected chi connectivity index (χ0v) is 17.1. The smallest absolute Gasteiger partial charge is 0.312 e. The first-order valence-electron chi connectivity index (χ1n) is 9.78. The molecule has 0 saturated carbocycles. The van der Waals surface area contributed by atoms with Crippen molar-refractivity contribution in [3.63, 3.8) is 0 Å². The number of rotatable bonds is 8. The highest BCUT2D eigenvalue weighted by Crippen LogP contribution is 2.36. The SMILES string of the molecule is CC[C@H](OC(=O)[C@@H]1CC(=O)N(c2ccc([N+](=O)[O-])cc2OC)C1)C(=O)c1ccccc1. The second kappa shape index (κ2) is 9.38. The van der Waals surface area contributed by atoms with Crippen LogP contribution in [0.4, 0.5) is 11.4 Å². The van der Waals surface area contributed by atoms with Crippen molar-refractivity contribution < 1.29 is 28.8 Å². The fraction of sp³-hybridized carbons (Fsp3) is 0.318. The number of anilines is 1. The quantitative estimate of drug-likeness (QED) is 0.275. The Bertz CT molecular complexity index is 1010. The summed E-state index contributed by atoms with van der Waals surface area (Å²) >= 11 is 0. The number of carbonyl (C=O) groups is 3. The first-order valence-corrected chi connectivity index (χ1v) is 9.78. The van der Waals surface area contributed by atoms with Crippen molar-refractivity contribution in [1.82, 2.24) is 0 Å². The number of hydrogen-bond donors (Lipinski definition) is 0. The Hall–Kier alpha value is -3.75. The van der Waals surface area contributed by atoms with Gasteiger partial charge >= 0.3 is 5.97 Å². The molecule has 1 amide bonds. The molecule has 0 aromatic heterocycles. The fourth-order valence-electron chi connectivity index (χ4n) is 3.45. The Morgan fingerprint density at radius 1 is 1.23 bits per heavy atom. The molecule has 0 unspecified atom stereocenters. The third-order valence-corrected chi connectivity index (χ3v) is 5.10. The lowest BCUT2D eigenvalue weighted by Crippen LogP contribution is -2.31. The predicted octanol–water partition coefficient (Wildman–Crippen LogP) is 3.16. The van der Waals surface area contributed by atoms with Gasteiger partial charge in [-0.15, -0.1) is 0 Å². The Balaban J connectivity index is 1.73. The molecule has 1 aliphatic heterocycles. The number of methoxy groups -OCH3 is 1. The summed E-state index contributed by atoms with van der Waals surface area (Å²) in [6.07, 6.45) is -0.720. The number of Topliss-reactive ketones (excluding diaryl/α,β-unsaturated/α-hetero) is 1. The number of hydrogen-bond acceptors (Lipinski definition) is 7. The Morgan fingerprint density at radius 3 is 2.55 bits per heavy atom. The fourth-order valence-corrected chi connectivity index (χ4v) is 3.45. The molecule has 1 heterocycles. The monoisotopic (exact) mass is 426 g/mol. The first kappa shape index (κ1) is 21.9. The lowest BCUT2D eigenvalue weighted by atomic mass is 10.0. The van der Waals surface area contributed by atoms with E-state index in [-0.39, 0.29) is 36.1 Å². The van der Waals surface area contributed by atoms with Gasteiger partial charge in [0.15, 0.2) is 6.10 Å². The third kappa shape index (κ3) is 4.71. The number of nitro benzene ring substituents is 1. The number of nitrogens with zero attached hydrogens (tertiary/aromatic N) is 2. The van der Waals surface area contributed by atoms with E-state index in [0.29, 0.717) is 17.7 Å². The molecule has 0 bridgehead atoms. The third-order valence-electron chi connectivity index (χ3n) is 5.10. The van der Waals surface area contributed by atoms with E-state index in [0.717, 1.165) is 0 Å². The highest BCUT2D eigenvalue weighted by Gasteiger charge is 2.39. The molecule has 1 aliphatic rings. The molecule has 0 aliphatic carbocycles. The van der Waals surface area contributed by atoms with Gasteiger partial charge in [-0.3, -0.25) is 24.5 Å². The molecule has 162 valence electrons. The second-order valence-corrected chi connectivity index (χ2v) is 7.08. The van der Waals surface area contributed by atoms with Crippen LogP contribution >= 0.6 is 0 Å². The Kier molecular flexibility index (Phi) is 6.64. The van der Waals surface area contributed by atoms with E-state index < -0.39 is 22.9 Å². The molecular formula is C22H22N2O7. The molecule has 31 heavy (non-hydrogen) atoms. The summed E-state index contributed by atoms with van der Waals surface area (Å²) in [5.74, 6) is -1.87. The minimum absolute atomic E-state index is 0.0296. The van der Waals surface area contributed by atoms with Gasteiger partial charge in [0.25, 0.3) is 5.69 Å². The number of benzene rings is 2. The van der Waals surface area contributed by atoms with Crippen LogP contribution in [0, 0.1) is 16.0 Å². The average Bonchev–Trinajstić information content (AvgIpc) is 3.18. The van der Waals surface area contributed by atoms with Crippen molar-refractivity contribution in [3.05, 3.63) is 64.2 Å². The van der Waals surface area contributed by atoms with Crippen LogP contribution in [0.15, 0.2) is 48.5 Å². The summed E-state index contributed by atoms with van der Waals surface area (Å²) in [4.78, 5) is 49.6. The number of nitro groups is 1. The largest absolute Gasteiger partial charge is 0.494 e. The molecule has 1 fully saturated rings. The minimum Gasteiger partial charge on any atom is -0.494 e. The lowest BCUT2D eigenvalue weighted by molar-refractivity contribution is -0.384. The van der Waals surface area contributed by atoms with Gasteiger partial charge in [-0.2, -0.15) is 0 Å². The maximum absolute atomic E-state index is 12.7. The first-order chi connectivity index (χ1) is 14.8. The van der Waals surface area contributed by atoms with Crippen LogP contribution in [0.25, 0.3) is 0 Å². The van der Waals surface area contributed by atoms with Crippen LogP contribution in [0.5, 0.6) is 5.75 Å². The van der Waals surface area contributed by atoms with Gasteiger partial charge in [0.05, 0.1) is 29.7 Å². The Labute approximate surface area is 178 Å². The van der Waals surface area contributed by atoms with Gasteiger partial charge in [-0.25, -0.2) is 0 Å². The van der Waals surface area contributed by atoms with Gasteiger partial charge in [0.1, 0.15) is 5.75 Å². The van der Waals surface area contributed by atoms with E-state index in [1.54, 1.807) is 37.3 Å². The van der Waals surface area contributed by atoms with Crippen LogP contribution in [0.3, 0.4) is 0 Å². The molecule has 0 radical (unpaired) electrons. The van der Waals surface area contributed by atoms with Gasteiger partial charge in [-0.05, 0) is 12.5 Å². The van der Waals surface area contributed by atoms with Crippen LogP contribution in [0.1, 0.15) is 30.1 Å². The van der Waals surface area contributed by atoms with Crippen molar-refractivity contribution in [3.8, 4) is 5.75 Å². The lowest BCUT2D eigenvalue weighted by Gasteiger charge is -2.20. The van der Waals surface area contributed by atoms with E-state index >= 15 is 0 Å². The van der Waals surface area contributed by atoms with E-state index in [1.807, 2.05) is 0 Å². The summed E-state index contributed by atoms with van der Waals surface area (Å²) in [5, 5.41) is 11.0. The number of amides is 1. The number of carbonyl (C=O) groups excluding carboxylic acids is 3. The van der Waals surface area contributed by atoms with Crippen molar-refractivity contribution in [2.75, 3.05) is 18.6 Å². The minimum atomic E-state index is -0.937. The van der Waals surface area contributed by atoms with Crippen LogP contribution < -0.4 is 9.64 Å². The maximum atomic E-state index is 12.7. The number of non-ortho nitro benzene ring substituents is 1. The number of ketones is 1. The van der Waals surface area contributed by atoms with Gasteiger partial charge in [0, 0.05) is 24.6 Å². The highest BCUT2D eigenvalue weighted by molar-refractivity contribution is 6.02. The van der Waals surface area contributed by atoms with Crippen LogP contribution in [-0.4, -0.2) is 42.3 Å². The molecule has 2 aromatic carbocycles. The zero-order chi connectivity index (χ0) is 22.5. The molecule has 2 atom stereocenters. The standard InChI is InChI=1S/C22H22N2O7/c1-3-18(21(26)14-7-5-4-6-8-14)31-22(27)15-11-20(25)23(13-15)17-10-9-16(24(28)29)12-19(17)30-2/h4-10,12,15,18H,3,11,13H2,1-2H3/t15-,18+/m1/s1. The average molecular weight is 426 g/mol. The van der Waals surface area contributed by atoms with Crippen LogP contribution in [0.2, 0.25) is 0 Å². The summed E-state index contributed by atoms with van der Waals surface area (Å²) in [6.45, 7) is 1.77. The maximum Gasteiger partial charge on any atom is 0.312 e. The molecule has 0 spiro atoms. The summed E-state index contributed by atoms with van der Waals surface area (Å²) in [6, 6.07) is 12.5. The van der Waals surface area contributed by atoms with Crippen molar-refractivity contribution >= 4 is 29.0 Å². The van der Waals surface area contributed by atoms with E-state index in [2.05, 4.69) is 0 Å². The van der Waals surface area contributed by atoms with Crippen molar-refractivity contribution in [2.24, 2.45) is 5.92 Å². The van der Waals surface area contributed by atoms with E-state index in [1.165, 1.54) is 30.2 Å². The Morgan fingerprint density at radius 2 is 1.94 bits per heavy atom. The molecule has 1 saturated heterocycles. The number of esters is 1. The molecule has 0 N–H and O–H groups in total. The highest BCUT2D eigenvalue weighted by atomic mass is 16.6.